The Hall–Kier alpha value is -2.72. The Morgan fingerprint density at radius 3 is 2.79 bits per heavy atom. The normalized spacial score (nSPS) is 14.0. The smallest absolute Gasteiger partial charge is 0.267 e. The highest BCUT2D eigenvalue weighted by Crippen LogP contribution is 2.38. The van der Waals surface area contributed by atoms with Gasteiger partial charge in [0.1, 0.15) is 4.90 Å². The van der Waals surface area contributed by atoms with Crippen LogP contribution in [-0.4, -0.2) is 35.6 Å². The van der Waals surface area contributed by atoms with Gasteiger partial charge in [-0.3, -0.25) is 13.8 Å². The van der Waals surface area contributed by atoms with Gasteiger partial charge in [-0.2, -0.15) is 5.10 Å². The molecule has 152 valence electrons. The van der Waals surface area contributed by atoms with E-state index < -0.39 is 10.0 Å². The number of carbonyl (C=O) groups excluding carboxylic acids is 1. The molecule has 1 amide bonds. The number of amides is 1. The van der Waals surface area contributed by atoms with E-state index in [4.69, 9.17) is 0 Å². The molecule has 0 unspecified atom stereocenters. The van der Waals surface area contributed by atoms with Crippen molar-refractivity contribution in [2.45, 2.75) is 31.6 Å². The molecule has 3 heterocycles. The highest BCUT2D eigenvalue weighted by atomic mass is 32.2. The van der Waals surface area contributed by atoms with Crippen LogP contribution in [0.25, 0.3) is 10.4 Å². The van der Waals surface area contributed by atoms with Crippen LogP contribution in [0.3, 0.4) is 0 Å². The SMILES string of the molecule is CC(=O)Nc1nc(C)c(-c2ccc3c(c2)CCCN3S(=O)(=O)c2cnn(C)c2)s1. The molecule has 2 aromatic heterocycles. The Labute approximate surface area is 173 Å². The minimum atomic E-state index is -3.66. The lowest BCUT2D eigenvalue weighted by Crippen LogP contribution is -2.35. The summed E-state index contributed by atoms with van der Waals surface area (Å²) in [6.07, 6.45) is 4.44. The number of nitrogens with zero attached hydrogens (tertiary/aromatic N) is 4. The zero-order valence-corrected chi connectivity index (χ0v) is 18.0. The van der Waals surface area contributed by atoms with Gasteiger partial charge in [0.15, 0.2) is 5.13 Å². The minimum absolute atomic E-state index is 0.160. The number of rotatable bonds is 4. The summed E-state index contributed by atoms with van der Waals surface area (Å²) < 4.78 is 29.2. The minimum Gasteiger partial charge on any atom is -0.302 e. The van der Waals surface area contributed by atoms with Gasteiger partial charge >= 0.3 is 0 Å². The van der Waals surface area contributed by atoms with Crippen LogP contribution < -0.4 is 9.62 Å². The standard InChI is InChI=1S/C19H21N5O3S2/c1-12-18(28-19(21-12)22-13(2)25)15-6-7-17-14(9-15)5-4-8-24(17)29(26,27)16-10-20-23(3)11-16/h6-7,9-11H,4-5,8H2,1-3H3,(H,21,22,25). The third-order valence-electron chi connectivity index (χ3n) is 4.77. The summed E-state index contributed by atoms with van der Waals surface area (Å²) in [5.74, 6) is -0.160. The molecule has 0 saturated heterocycles. The van der Waals surface area contributed by atoms with Crippen LogP contribution in [0, 0.1) is 6.92 Å². The van der Waals surface area contributed by atoms with Crippen molar-refractivity contribution in [1.29, 1.82) is 0 Å². The van der Waals surface area contributed by atoms with E-state index in [1.54, 1.807) is 7.05 Å². The molecule has 0 radical (unpaired) electrons. The molecule has 0 bridgehead atoms. The van der Waals surface area contributed by atoms with Crippen LogP contribution >= 0.6 is 11.3 Å². The van der Waals surface area contributed by atoms with E-state index in [1.165, 1.54) is 39.6 Å². The number of aromatic nitrogens is 3. The summed E-state index contributed by atoms with van der Waals surface area (Å²) in [5, 5.41) is 7.27. The first kappa shape index (κ1) is 19.6. The molecule has 3 aromatic rings. The predicted molar refractivity (Wildman–Crippen MR) is 113 cm³/mol. The molecule has 0 spiro atoms. The lowest BCUT2D eigenvalue weighted by molar-refractivity contribution is -0.114. The summed E-state index contributed by atoms with van der Waals surface area (Å²) in [6.45, 7) is 3.79. The Morgan fingerprint density at radius 1 is 1.31 bits per heavy atom. The fraction of sp³-hybridized carbons (Fsp3) is 0.316. The Kier molecular flexibility index (Phi) is 4.91. The van der Waals surface area contributed by atoms with Gasteiger partial charge in [0.2, 0.25) is 5.91 Å². The maximum atomic E-state index is 13.1. The van der Waals surface area contributed by atoms with E-state index >= 15 is 0 Å². The summed E-state index contributed by atoms with van der Waals surface area (Å²) in [6, 6.07) is 5.79. The quantitative estimate of drug-likeness (QED) is 0.685. The Balaban J connectivity index is 1.71. The third-order valence-corrected chi connectivity index (χ3v) is 7.65. The van der Waals surface area contributed by atoms with E-state index in [0.29, 0.717) is 17.4 Å². The second-order valence-electron chi connectivity index (χ2n) is 6.99. The first-order valence-corrected chi connectivity index (χ1v) is 11.4. The zero-order valence-electron chi connectivity index (χ0n) is 16.3. The van der Waals surface area contributed by atoms with E-state index in [-0.39, 0.29) is 10.8 Å². The fourth-order valence-electron chi connectivity index (χ4n) is 3.48. The van der Waals surface area contributed by atoms with Gasteiger partial charge in [-0.25, -0.2) is 13.4 Å². The first-order valence-electron chi connectivity index (χ1n) is 9.15. The Bertz CT molecular complexity index is 1200. The van der Waals surface area contributed by atoms with Crippen molar-refractivity contribution < 1.29 is 13.2 Å². The van der Waals surface area contributed by atoms with Crippen molar-refractivity contribution in [3.63, 3.8) is 0 Å². The molecular formula is C19H21N5O3S2. The van der Waals surface area contributed by atoms with Crippen LogP contribution in [0.2, 0.25) is 0 Å². The van der Waals surface area contributed by atoms with Crippen molar-refractivity contribution in [2.24, 2.45) is 7.05 Å². The number of anilines is 2. The highest BCUT2D eigenvalue weighted by Gasteiger charge is 2.30. The summed E-state index contributed by atoms with van der Waals surface area (Å²) in [7, 11) is -1.96. The summed E-state index contributed by atoms with van der Waals surface area (Å²) in [4.78, 5) is 16.9. The van der Waals surface area contributed by atoms with Crippen molar-refractivity contribution in [3.05, 3.63) is 41.9 Å². The average molecular weight is 432 g/mol. The lowest BCUT2D eigenvalue weighted by Gasteiger charge is -2.30. The molecule has 10 heteroatoms. The average Bonchev–Trinajstić information content (AvgIpc) is 3.26. The number of nitrogens with one attached hydrogen (secondary N) is 1. The number of carbonyl (C=O) groups is 1. The van der Waals surface area contributed by atoms with Crippen LogP contribution in [0.4, 0.5) is 10.8 Å². The van der Waals surface area contributed by atoms with E-state index in [1.807, 2.05) is 25.1 Å². The molecule has 0 atom stereocenters. The molecule has 1 N–H and O–H groups in total. The number of aryl methyl sites for hydroxylation is 3. The van der Waals surface area contributed by atoms with Gasteiger partial charge in [-0.1, -0.05) is 17.4 Å². The van der Waals surface area contributed by atoms with Gasteiger partial charge in [-0.15, -0.1) is 0 Å². The van der Waals surface area contributed by atoms with Crippen molar-refractivity contribution in [3.8, 4) is 10.4 Å². The maximum absolute atomic E-state index is 13.1. The molecule has 4 rings (SSSR count). The largest absolute Gasteiger partial charge is 0.302 e. The lowest BCUT2D eigenvalue weighted by atomic mass is 10.00. The molecule has 0 fully saturated rings. The van der Waals surface area contributed by atoms with Gasteiger partial charge < -0.3 is 5.32 Å². The van der Waals surface area contributed by atoms with Crippen LogP contribution in [0.5, 0.6) is 0 Å². The highest BCUT2D eigenvalue weighted by molar-refractivity contribution is 7.92. The van der Waals surface area contributed by atoms with E-state index in [2.05, 4.69) is 15.4 Å². The van der Waals surface area contributed by atoms with Gasteiger partial charge in [0.05, 0.1) is 22.5 Å². The number of hydrogen-bond acceptors (Lipinski definition) is 6. The van der Waals surface area contributed by atoms with Gasteiger partial charge in [0, 0.05) is 26.7 Å². The molecule has 1 aliphatic heterocycles. The maximum Gasteiger partial charge on any atom is 0.267 e. The number of sulfonamides is 1. The fourth-order valence-corrected chi connectivity index (χ4v) is 6.02. The monoisotopic (exact) mass is 431 g/mol. The van der Waals surface area contributed by atoms with Gasteiger partial charge in [-0.05, 0) is 43.0 Å². The number of hydrogen-bond donors (Lipinski definition) is 1. The Morgan fingerprint density at radius 2 is 2.10 bits per heavy atom. The predicted octanol–water partition coefficient (Wildman–Crippen LogP) is 2.95. The van der Waals surface area contributed by atoms with Crippen molar-refractivity contribution in [1.82, 2.24) is 14.8 Å². The molecular weight excluding hydrogens is 410 g/mol. The second kappa shape index (κ2) is 7.27. The summed E-state index contributed by atoms with van der Waals surface area (Å²) in [5.41, 5.74) is 3.48. The van der Waals surface area contributed by atoms with Crippen molar-refractivity contribution >= 4 is 38.1 Å². The van der Waals surface area contributed by atoms with Crippen LogP contribution in [0.15, 0.2) is 35.5 Å². The molecule has 8 nitrogen and oxygen atoms in total. The van der Waals surface area contributed by atoms with E-state index in [0.717, 1.165) is 34.5 Å². The second-order valence-corrected chi connectivity index (χ2v) is 9.85. The molecule has 1 aromatic carbocycles. The first-order chi connectivity index (χ1) is 13.8. The van der Waals surface area contributed by atoms with Crippen molar-refractivity contribution in [2.75, 3.05) is 16.2 Å². The molecule has 0 aliphatic carbocycles. The van der Waals surface area contributed by atoms with Crippen LogP contribution in [0.1, 0.15) is 24.6 Å². The zero-order chi connectivity index (χ0) is 20.8. The topological polar surface area (TPSA) is 97.2 Å². The van der Waals surface area contributed by atoms with E-state index in [9.17, 15) is 13.2 Å². The number of fused-ring (bicyclic) bond motifs is 1. The molecule has 0 saturated carbocycles. The number of benzene rings is 1. The number of thiazole rings is 1. The van der Waals surface area contributed by atoms with Crippen LogP contribution in [-0.2, 0) is 28.3 Å². The summed E-state index contributed by atoms with van der Waals surface area (Å²) >= 11 is 1.41. The van der Waals surface area contributed by atoms with Gasteiger partial charge in [0.25, 0.3) is 10.0 Å². The molecule has 1 aliphatic rings. The third kappa shape index (κ3) is 3.65. The molecule has 29 heavy (non-hydrogen) atoms.